The number of rotatable bonds is 7. The van der Waals surface area contributed by atoms with Crippen molar-refractivity contribution >= 4 is 17.6 Å². The van der Waals surface area contributed by atoms with Gasteiger partial charge < -0.3 is 20.1 Å². The van der Waals surface area contributed by atoms with Crippen molar-refractivity contribution in [2.75, 3.05) is 33.9 Å². The summed E-state index contributed by atoms with van der Waals surface area (Å²) in [6, 6.07) is 0.845. The van der Waals surface area contributed by atoms with Gasteiger partial charge >= 0.3 is 6.18 Å². The zero-order chi connectivity index (χ0) is 18.2. The van der Waals surface area contributed by atoms with E-state index in [4.69, 9.17) is 21.1 Å². The summed E-state index contributed by atoms with van der Waals surface area (Å²) in [5.74, 6) is 0.497. The number of guanidine groups is 1. The Morgan fingerprint density at radius 1 is 1.46 bits per heavy atom. The molecule has 10 heteroatoms. The highest BCUT2D eigenvalue weighted by atomic mass is 35.5. The van der Waals surface area contributed by atoms with Gasteiger partial charge in [0.15, 0.2) is 5.96 Å². The lowest BCUT2D eigenvalue weighted by Crippen LogP contribution is -2.45. The van der Waals surface area contributed by atoms with E-state index in [1.807, 2.05) is 6.92 Å². The highest BCUT2D eigenvalue weighted by molar-refractivity contribution is 6.31. The SMILES string of the molecule is CN=C(NCCOc1ncc(C(F)(F)F)cc1Cl)NC(C)COC. The Hall–Kier alpha value is -1.74. The maximum absolute atomic E-state index is 12.5. The number of ether oxygens (including phenoxy) is 2. The first-order valence-corrected chi connectivity index (χ1v) is 7.47. The first-order chi connectivity index (χ1) is 11.3. The lowest BCUT2D eigenvalue weighted by atomic mass is 10.3. The van der Waals surface area contributed by atoms with E-state index in [1.165, 1.54) is 0 Å². The lowest BCUT2D eigenvalue weighted by molar-refractivity contribution is -0.137. The van der Waals surface area contributed by atoms with Crippen LogP contribution in [-0.4, -0.2) is 50.9 Å². The number of aliphatic imine (C=N–C) groups is 1. The minimum absolute atomic E-state index is 0.0536. The largest absolute Gasteiger partial charge is 0.475 e. The molecule has 0 amide bonds. The smallest absolute Gasteiger partial charge is 0.417 e. The molecule has 1 aromatic rings. The molecule has 0 aliphatic carbocycles. The lowest BCUT2D eigenvalue weighted by Gasteiger charge is -2.17. The molecule has 1 atom stereocenters. The van der Waals surface area contributed by atoms with Crippen LogP contribution in [0.15, 0.2) is 17.3 Å². The van der Waals surface area contributed by atoms with Crippen molar-refractivity contribution < 1.29 is 22.6 Å². The molecule has 0 saturated heterocycles. The predicted octanol–water partition coefficient (Wildman–Crippen LogP) is 2.33. The second-order valence-corrected chi connectivity index (χ2v) is 5.26. The summed E-state index contributed by atoms with van der Waals surface area (Å²) < 4.78 is 47.8. The molecule has 1 rings (SSSR count). The Morgan fingerprint density at radius 2 is 2.17 bits per heavy atom. The van der Waals surface area contributed by atoms with E-state index in [2.05, 4.69) is 20.6 Å². The van der Waals surface area contributed by atoms with Gasteiger partial charge in [0.05, 0.1) is 18.7 Å². The van der Waals surface area contributed by atoms with Gasteiger partial charge in [0.1, 0.15) is 11.6 Å². The third kappa shape index (κ3) is 6.79. The first kappa shape index (κ1) is 20.3. The minimum atomic E-state index is -4.49. The van der Waals surface area contributed by atoms with Crippen molar-refractivity contribution in [1.29, 1.82) is 0 Å². The Balaban J connectivity index is 2.45. The number of hydrogen-bond donors (Lipinski definition) is 2. The fourth-order valence-corrected chi connectivity index (χ4v) is 1.94. The van der Waals surface area contributed by atoms with Crippen LogP contribution in [0.4, 0.5) is 13.2 Å². The van der Waals surface area contributed by atoms with Crippen LogP contribution in [0.2, 0.25) is 5.02 Å². The molecule has 0 bridgehead atoms. The van der Waals surface area contributed by atoms with Crippen LogP contribution < -0.4 is 15.4 Å². The number of pyridine rings is 1. The molecular weight excluding hydrogens is 349 g/mol. The number of halogens is 4. The van der Waals surface area contributed by atoms with Gasteiger partial charge in [-0.25, -0.2) is 4.98 Å². The van der Waals surface area contributed by atoms with Crippen molar-refractivity contribution in [1.82, 2.24) is 15.6 Å². The average Bonchev–Trinajstić information content (AvgIpc) is 2.50. The third-order valence-electron chi connectivity index (χ3n) is 2.79. The normalized spacial score (nSPS) is 13.5. The van der Waals surface area contributed by atoms with Crippen molar-refractivity contribution in [2.45, 2.75) is 19.1 Å². The van der Waals surface area contributed by atoms with Crippen molar-refractivity contribution in [3.63, 3.8) is 0 Å². The summed E-state index contributed by atoms with van der Waals surface area (Å²) >= 11 is 5.75. The van der Waals surface area contributed by atoms with Crippen molar-refractivity contribution in [2.24, 2.45) is 4.99 Å². The Labute approximate surface area is 143 Å². The molecule has 0 radical (unpaired) electrons. The van der Waals surface area contributed by atoms with E-state index in [9.17, 15) is 13.2 Å². The standard InChI is InChI=1S/C14H20ClF3N4O2/c1-9(8-23-3)22-13(19-2)20-4-5-24-12-11(15)6-10(7-21-12)14(16,17)18/h6-7,9H,4-5,8H2,1-3H3,(H2,19,20,22). The van der Waals surface area contributed by atoms with Crippen LogP contribution in [0.3, 0.4) is 0 Å². The molecule has 0 spiro atoms. The van der Waals surface area contributed by atoms with Crippen LogP contribution in [0.5, 0.6) is 5.88 Å². The quantitative estimate of drug-likeness (QED) is 0.439. The monoisotopic (exact) mass is 368 g/mol. The molecule has 1 heterocycles. The summed E-state index contributed by atoms with van der Waals surface area (Å²) in [7, 11) is 3.22. The maximum atomic E-state index is 12.5. The molecule has 2 N–H and O–H groups in total. The second kappa shape index (κ2) is 9.53. The molecule has 136 valence electrons. The highest BCUT2D eigenvalue weighted by Crippen LogP contribution is 2.32. The molecule has 1 unspecified atom stereocenters. The van der Waals surface area contributed by atoms with Crippen LogP contribution in [0.1, 0.15) is 12.5 Å². The maximum Gasteiger partial charge on any atom is 0.417 e. The van der Waals surface area contributed by atoms with Gasteiger partial charge in [-0.1, -0.05) is 11.6 Å². The molecule has 0 saturated carbocycles. The Kier molecular flexibility index (Phi) is 8.06. The van der Waals surface area contributed by atoms with Gasteiger partial charge in [0.2, 0.25) is 5.88 Å². The molecule has 1 aromatic heterocycles. The number of hydrogen-bond acceptors (Lipinski definition) is 4. The van der Waals surface area contributed by atoms with E-state index < -0.39 is 11.7 Å². The second-order valence-electron chi connectivity index (χ2n) is 4.86. The number of nitrogens with one attached hydrogen (secondary N) is 2. The van der Waals surface area contributed by atoms with E-state index in [0.717, 1.165) is 6.07 Å². The molecule has 0 aliphatic rings. The fourth-order valence-electron chi connectivity index (χ4n) is 1.72. The molecule has 0 aliphatic heterocycles. The number of alkyl halides is 3. The Morgan fingerprint density at radius 3 is 2.71 bits per heavy atom. The van der Waals surface area contributed by atoms with E-state index in [1.54, 1.807) is 14.2 Å². The van der Waals surface area contributed by atoms with Gasteiger partial charge in [0.25, 0.3) is 0 Å². The molecule has 0 fully saturated rings. The molecule has 0 aromatic carbocycles. The van der Waals surface area contributed by atoms with E-state index >= 15 is 0 Å². The molecule has 24 heavy (non-hydrogen) atoms. The van der Waals surface area contributed by atoms with Crippen molar-refractivity contribution in [3.05, 3.63) is 22.8 Å². The average molecular weight is 369 g/mol. The van der Waals surface area contributed by atoms with Crippen LogP contribution in [-0.2, 0) is 10.9 Å². The first-order valence-electron chi connectivity index (χ1n) is 7.09. The van der Waals surface area contributed by atoms with Gasteiger partial charge in [0, 0.05) is 26.4 Å². The predicted molar refractivity (Wildman–Crippen MR) is 85.6 cm³/mol. The Bertz CT molecular complexity index is 555. The zero-order valence-corrected chi connectivity index (χ0v) is 14.3. The van der Waals surface area contributed by atoms with Gasteiger partial charge in [-0.2, -0.15) is 13.2 Å². The van der Waals surface area contributed by atoms with Crippen LogP contribution >= 0.6 is 11.6 Å². The summed E-state index contributed by atoms with van der Waals surface area (Å²) in [5, 5.41) is 5.89. The summed E-state index contributed by atoms with van der Waals surface area (Å²) in [4.78, 5) is 7.62. The summed E-state index contributed by atoms with van der Waals surface area (Å²) in [6.07, 6.45) is -3.81. The number of nitrogens with zero attached hydrogens (tertiary/aromatic N) is 2. The molecular formula is C14H20ClF3N4O2. The molecule has 6 nitrogen and oxygen atoms in total. The zero-order valence-electron chi connectivity index (χ0n) is 13.6. The third-order valence-corrected chi connectivity index (χ3v) is 3.06. The van der Waals surface area contributed by atoms with Gasteiger partial charge in [-0.05, 0) is 13.0 Å². The highest BCUT2D eigenvalue weighted by Gasteiger charge is 2.31. The topological polar surface area (TPSA) is 67.8 Å². The van der Waals surface area contributed by atoms with Gasteiger partial charge in [-0.15, -0.1) is 0 Å². The summed E-state index contributed by atoms with van der Waals surface area (Å²) in [5.41, 5.74) is -0.922. The number of methoxy groups -OCH3 is 1. The van der Waals surface area contributed by atoms with Gasteiger partial charge in [-0.3, -0.25) is 4.99 Å². The summed E-state index contributed by atoms with van der Waals surface area (Å²) in [6.45, 7) is 2.96. The fraction of sp³-hybridized carbons (Fsp3) is 0.571. The number of aromatic nitrogens is 1. The van der Waals surface area contributed by atoms with Crippen LogP contribution in [0, 0.1) is 0 Å². The van der Waals surface area contributed by atoms with Crippen molar-refractivity contribution in [3.8, 4) is 5.88 Å². The van der Waals surface area contributed by atoms with Crippen LogP contribution in [0.25, 0.3) is 0 Å². The van der Waals surface area contributed by atoms with E-state index in [0.29, 0.717) is 25.3 Å². The minimum Gasteiger partial charge on any atom is -0.475 e. The van der Waals surface area contributed by atoms with E-state index in [-0.39, 0.29) is 23.6 Å².